The number of nitrogens with two attached hydrogens (primary N) is 2. The molecule has 34 heavy (non-hydrogen) atoms. The number of hydrogen-bond acceptors (Lipinski definition) is 6. The van der Waals surface area contributed by atoms with Crippen LogP contribution < -0.4 is 16.7 Å². The lowest BCUT2D eigenvalue weighted by Gasteiger charge is -2.31. The van der Waals surface area contributed by atoms with Crippen LogP contribution in [0.4, 0.5) is 14.6 Å². The van der Waals surface area contributed by atoms with Crippen LogP contribution in [0.3, 0.4) is 0 Å². The van der Waals surface area contributed by atoms with Gasteiger partial charge in [0.2, 0.25) is 0 Å². The molecule has 0 aliphatic carbocycles. The molecule has 0 spiro atoms. The fourth-order valence-corrected chi connectivity index (χ4v) is 3.49. The topological polar surface area (TPSA) is 119 Å². The predicted octanol–water partition coefficient (Wildman–Crippen LogP) is 3.68. The summed E-state index contributed by atoms with van der Waals surface area (Å²) in [6.07, 6.45) is 4.86. The fourth-order valence-electron chi connectivity index (χ4n) is 3.49. The summed E-state index contributed by atoms with van der Waals surface area (Å²) < 4.78 is 28.6. The van der Waals surface area contributed by atoms with Crippen molar-refractivity contribution in [1.29, 1.82) is 0 Å². The third-order valence-corrected chi connectivity index (χ3v) is 5.40. The van der Waals surface area contributed by atoms with Gasteiger partial charge < -0.3 is 10.6 Å². The van der Waals surface area contributed by atoms with Crippen LogP contribution in [0.15, 0.2) is 48.0 Å². The van der Waals surface area contributed by atoms with Gasteiger partial charge in [0.25, 0.3) is 11.8 Å². The number of anilines is 1. The molecule has 0 aromatic carbocycles. The van der Waals surface area contributed by atoms with E-state index in [4.69, 9.17) is 11.6 Å². The Balaban J connectivity index is 0.00000158. The Kier molecular flexibility index (Phi) is 7.77. The Bertz CT molecular complexity index is 1150. The Labute approximate surface area is 197 Å². The van der Waals surface area contributed by atoms with E-state index < -0.39 is 5.92 Å². The zero-order chi connectivity index (χ0) is 24.9. The molecule has 3 aromatic heterocycles. The van der Waals surface area contributed by atoms with Gasteiger partial charge in [0.15, 0.2) is 5.82 Å². The highest BCUT2D eigenvalue weighted by molar-refractivity contribution is 5.97. The molecule has 4 heterocycles. The number of carbonyl (C=O) groups is 1. The average molecular weight is 473 g/mol. The number of alkyl halides is 2. The molecular weight excluding hydrogens is 442 g/mol. The molecule has 0 saturated carbocycles. The number of likely N-dealkylation sites (tertiary alicyclic amines) is 1. The van der Waals surface area contributed by atoms with E-state index in [2.05, 4.69) is 15.1 Å². The lowest BCUT2D eigenvalue weighted by atomic mass is 10.1. The molecule has 182 valence electrons. The van der Waals surface area contributed by atoms with Crippen LogP contribution in [0.25, 0.3) is 16.7 Å². The summed E-state index contributed by atoms with van der Waals surface area (Å²) >= 11 is 0. The normalized spacial score (nSPS) is 15.6. The maximum Gasteiger partial charge on any atom is 0.255 e. The molecule has 3 aromatic rings. The summed E-state index contributed by atoms with van der Waals surface area (Å²) in [7, 11) is 0. The zero-order valence-electron chi connectivity index (χ0n) is 19.6. The van der Waals surface area contributed by atoms with Gasteiger partial charge in [-0.3, -0.25) is 9.36 Å². The summed E-state index contributed by atoms with van der Waals surface area (Å²) in [5, 5.41) is 5.89. The highest BCUT2D eigenvalue weighted by Gasteiger charge is 2.35. The van der Waals surface area contributed by atoms with Crippen molar-refractivity contribution < 1.29 is 13.6 Å². The van der Waals surface area contributed by atoms with Crippen LogP contribution in [0.1, 0.15) is 50.4 Å². The van der Waals surface area contributed by atoms with Crippen molar-refractivity contribution >= 4 is 28.6 Å². The number of nitrogens with zero attached hydrogens (tertiary/aromatic N) is 6. The highest BCUT2D eigenvalue weighted by atomic mass is 19.3. The van der Waals surface area contributed by atoms with Crippen molar-refractivity contribution in [3.63, 3.8) is 0 Å². The maximum absolute atomic E-state index is 13.4. The van der Waals surface area contributed by atoms with Crippen molar-refractivity contribution in [2.24, 2.45) is 16.7 Å². The molecule has 1 saturated heterocycles. The van der Waals surface area contributed by atoms with Crippen molar-refractivity contribution in [2.75, 3.05) is 18.2 Å². The molecule has 11 heteroatoms. The number of piperidine rings is 1. The smallest absolute Gasteiger partial charge is 0.255 e. The van der Waals surface area contributed by atoms with Crippen molar-refractivity contribution in [2.45, 2.75) is 46.0 Å². The first-order chi connectivity index (χ1) is 16.3. The molecule has 0 unspecified atom stereocenters. The van der Waals surface area contributed by atoms with Crippen molar-refractivity contribution in [3.05, 3.63) is 48.4 Å². The van der Waals surface area contributed by atoms with Gasteiger partial charge in [0, 0.05) is 50.1 Å². The first-order valence-corrected chi connectivity index (χ1v) is 11.3. The van der Waals surface area contributed by atoms with Gasteiger partial charge in [0.05, 0.1) is 17.4 Å². The third kappa shape index (κ3) is 5.48. The number of amidine groups is 1. The number of hydrogen-bond donors (Lipinski definition) is 2. The summed E-state index contributed by atoms with van der Waals surface area (Å²) in [4.78, 5) is 22.9. The van der Waals surface area contributed by atoms with E-state index in [0.29, 0.717) is 29.3 Å². The predicted molar refractivity (Wildman–Crippen MR) is 129 cm³/mol. The summed E-state index contributed by atoms with van der Waals surface area (Å²) in [5.74, 6) is 3.69. The lowest BCUT2D eigenvalue weighted by molar-refractivity contribution is -0.0494. The van der Waals surface area contributed by atoms with Gasteiger partial charge in [-0.1, -0.05) is 20.8 Å². The van der Waals surface area contributed by atoms with E-state index >= 15 is 0 Å². The number of halogens is 2. The standard InChI is InChI=1S/C21H24F2N8O.C2H6/c1-2-17(24)28-31(25)18-4-3-16(13-26-18)30-8-5-14-11-15(12-27-19(14)30)20(32)29-9-6-21(22,23)7-10-29;1-2/h3-5,8,11-13H,2,6-7,9-10,25H2,1H3,(H2,24,28);1-2H3. The second kappa shape index (κ2) is 10.6. The molecule has 1 aliphatic heterocycles. The number of pyridine rings is 2. The van der Waals surface area contributed by atoms with Gasteiger partial charge in [-0.2, -0.15) is 5.12 Å². The van der Waals surface area contributed by atoms with Crippen LogP contribution in [0.5, 0.6) is 0 Å². The fraction of sp³-hybridized carbons (Fsp3) is 0.391. The molecule has 1 amide bonds. The number of carbonyl (C=O) groups excluding carboxylic acids is 1. The molecular formula is C23H30F2N8O. The van der Waals surface area contributed by atoms with Crippen molar-refractivity contribution in [1.82, 2.24) is 19.4 Å². The van der Waals surface area contributed by atoms with Crippen LogP contribution in [-0.2, 0) is 0 Å². The van der Waals surface area contributed by atoms with Crippen molar-refractivity contribution in [3.8, 4) is 5.69 Å². The molecule has 0 atom stereocenters. The van der Waals surface area contributed by atoms with E-state index in [9.17, 15) is 13.6 Å². The van der Waals surface area contributed by atoms with Gasteiger partial charge in [-0.05, 0) is 24.3 Å². The summed E-state index contributed by atoms with van der Waals surface area (Å²) in [6.45, 7) is 5.95. The molecule has 4 N–H and O–H groups in total. The molecule has 1 fully saturated rings. The van der Waals surface area contributed by atoms with E-state index in [0.717, 1.165) is 16.2 Å². The van der Waals surface area contributed by atoms with Gasteiger partial charge in [-0.15, -0.1) is 5.10 Å². The number of rotatable bonds is 5. The minimum absolute atomic E-state index is 0.0367. The number of aromatic nitrogens is 3. The van der Waals surface area contributed by atoms with E-state index in [-0.39, 0.29) is 31.8 Å². The first-order valence-electron chi connectivity index (χ1n) is 11.3. The monoisotopic (exact) mass is 472 g/mol. The minimum atomic E-state index is -2.70. The summed E-state index contributed by atoms with van der Waals surface area (Å²) in [5.41, 5.74) is 7.46. The van der Waals surface area contributed by atoms with Gasteiger partial charge >= 0.3 is 0 Å². The zero-order valence-corrected chi connectivity index (χ0v) is 19.6. The Hall–Kier alpha value is -3.60. The first kappa shape index (κ1) is 25.0. The largest absolute Gasteiger partial charge is 0.386 e. The van der Waals surface area contributed by atoms with Gasteiger partial charge in [0.1, 0.15) is 11.5 Å². The van der Waals surface area contributed by atoms with Crippen LogP contribution in [0.2, 0.25) is 0 Å². The lowest BCUT2D eigenvalue weighted by Crippen LogP contribution is -2.42. The molecule has 9 nitrogen and oxygen atoms in total. The van der Waals surface area contributed by atoms with Crippen LogP contribution in [0, 0.1) is 0 Å². The Morgan fingerprint density at radius 3 is 2.50 bits per heavy atom. The second-order valence-corrected chi connectivity index (χ2v) is 7.63. The average Bonchev–Trinajstić information content (AvgIpc) is 3.28. The van der Waals surface area contributed by atoms with Crippen LogP contribution in [-0.4, -0.2) is 50.2 Å². The number of amides is 1. The maximum atomic E-state index is 13.4. The molecule has 0 bridgehead atoms. The highest BCUT2D eigenvalue weighted by Crippen LogP contribution is 2.29. The quantitative estimate of drug-likeness (QED) is 0.253. The molecule has 4 rings (SSSR count). The number of hydrazine groups is 1. The number of fused-ring (bicyclic) bond motifs is 1. The second-order valence-electron chi connectivity index (χ2n) is 7.63. The van der Waals surface area contributed by atoms with Gasteiger partial charge in [-0.25, -0.2) is 24.6 Å². The van der Waals surface area contributed by atoms with E-state index in [1.807, 2.05) is 43.7 Å². The van der Waals surface area contributed by atoms with E-state index in [1.165, 1.54) is 11.1 Å². The molecule has 0 radical (unpaired) electrons. The van der Waals surface area contributed by atoms with Crippen LogP contribution >= 0.6 is 0 Å². The SMILES string of the molecule is CC.CC/C(N)=N/N(N)c1ccc(-n2ccc3cc(C(=O)N4CCC(F)(F)CC4)cnc32)cn1. The minimum Gasteiger partial charge on any atom is -0.386 e. The Morgan fingerprint density at radius 1 is 1.18 bits per heavy atom. The summed E-state index contributed by atoms with van der Waals surface area (Å²) in [6, 6.07) is 7.07. The van der Waals surface area contributed by atoms with E-state index in [1.54, 1.807) is 18.3 Å². The number of hydrazone groups is 1. The third-order valence-electron chi connectivity index (χ3n) is 5.40. The Morgan fingerprint density at radius 2 is 1.88 bits per heavy atom. The molecule has 1 aliphatic rings.